The Morgan fingerprint density at radius 2 is 1.41 bits per heavy atom. The van der Waals surface area contributed by atoms with E-state index in [1.165, 1.54) is 0 Å². The van der Waals surface area contributed by atoms with Crippen molar-refractivity contribution in [1.29, 1.82) is 0 Å². The minimum atomic E-state index is -0.713. The molecule has 0 fully saturated rings. The van der Waals surface area contributed by atoms with E-state index in [4.69, 9.17) is 11.6 Å². The first-order valence-electron chi connectivity index (χ1n) is 9.49. The average Bonchev–Trinajstić information content (AvgIpc) is 2.74. The van der Waals surface area contributed by atoms with E-state index in [1.807, 2.05) is 61.5 Å². The van der Waals surface area contributed by atoms with Crippen molar-refractivity contribution in [3.05, 3.63) is 107 Å². The van der Waals surface area contributed by atoms with Crippen LogP contribution in [-0.2, 0) is 11.2 Å². The molecule has 3 aromatic rings. The van der Waals surface area contributed by atoms with Crippen LogP contribution in [0.5, 0.6) is 0 Å². The second-order valence-corrected chi connectivity index (χ2v) is 7.24. The zero-order chi connectivity index (χ0) is 20.6. The first kappa shape index (κ1) is 20.6. The maximum Gasteiger partial charge on any atom is 0.251 e. The second-order valence-electron chi connectivity index (χ2n) is 6.83. The standard InChI is InChI=1S/C24H23ClN2O2/c1-17(20-14-8-9-15-21(20)25)26-24(29)22(16-18-10-4-2-5-11-18)27-23(28)19-12-6-3-7-13-19/h2-15,17,22H,16H2,1H3,(H,26,29)(H,27,28). The van der Waals surface area contributed by atoms with Gasteiger partial charge in [-0.2, -0.15) is 0 Å². The first-order valence-corrected chi connectivity index (χ1v) is 9.87. The minimum Gasteiger partial charge on any atom is -0.348 e. The van der Waals surface area contributed by atoms with Crippen LogP contribution in [0.3, 0.4) is 0 Å². The van der Waals surface area contributed by atoms with E-state index in [1.54, 1.807) is 30.3 Å². The number of rotatable bonds is 7. The van der Waals surface area contributed by atoms with Gasteiger partial charge in [0.05, 0.1) is 6.04 Å². The molecule has 0 saturated carbocycles. The van der Waals surface area contributed by atoms with E-state index < -0.39 is 6.04 Å². The van der Waals surface area contributed by atoms with Crippen LogP contribution in [0.15, 0.2) is 84.9 Å². The molecule has 5 heteroatoms. The van der Waals surface area contributed by atoms with Crippen molar-refractivity contribution < 1.29 is 9.59 Å². The fourth-order valence-corrected chi connectivity index (χ4v) is 3.41. The third-order valence-corrected chi connectivity index (χ3v) is 5.02. The number of amides is 2. The molecule has 0 heterocycles. The number of nitrogens with one attached hydrogen (secondary N) is 2. The van der Waals surface area contributed by atoms with Crippen LogP contribution in [0.25, 0.3) is 0 Å². The van der Waals surface area contributed by atoms with E-state index >= 15 is 0 Å². The number of carbonyl (C=O) groups excluding carboxylic acids is 2. The lowest BCUT2D eigenvalue weighted by atomic mass is 10.0. The van der Waals surface area contributed by atoms with Gasteiger partial charge in [0.25, 0.3) is 5.91 Å². The Balaban J connectivity index is 1.77. The van der Waals surface area contributed by atoms with Crippen LogP contribution in [0, 0.1) is 0 Å². The van der Waals surface area contributed by atoms with Gasteiger partial charge in [-0.3, -0.25) is 9.59 Å². The molecule has 3 rings (SSSR count). The molecule has 0 bridgehead atoms. The van der Waals surface area contributed by atoms with Gasteiger partial charge in [-0.15, -0.1) is 0 Å². The highest BCUT2D eigenvalue weighted by Gasteiger charge is 2.24. The molecule has 2 unspecified atom stereocenters. The average molecular weight is 407 g/mol. The van der Waals surface area contributed by atoms with Gasteiger partial charge < -0.3 is 10.6 Å². The molecule has 4 nitrogen and oxygen atoms in total. The lowest BCUT2D eigenvalue weighted by Crippen LogP contribution is -2.48. The molecule has 0 aliphatic carbocycles. The van der Waals surface area contributed by atoms with Crippen LogP contribution in [-0.4, -0.2) is 17.9 Å². The van der Waals surface area contributed by atoms with E-state index in [2.05, 4.69) is 10.6 Å². The van der Waals surface area contributed by atoms with Crippen molar-refractivity contribution in [2.45, 2.75) is 25.4 Å². The Bertz CT molecular complexity index is 961. The lowest BCUT2D eigenvalue weighted by Gasteiger charge is -2.22. The predicted molar refractivity (Wildman–Crippen MR) is 116 cm³/mol. The monoisotopic (exact) mass is 406 g/mol. The van der Waals surface area contributed by atoms with Crippen molar-refractivity contribution in [1.82, 2.24) is 10.6 Å². The topological polar surface area (TPSA) is 58.2 Å². The van der Waals surface area contributed by atoms with Gasteiger partial charge in [-0.1, -0.05) is 78.3 Å². The first-order chi connectivity index (χ1) is 14.0. The van der Waals surface area contributed by atoms with Crippen LogP contribution >= 0.6 is 11.6 Å². The lowest BCUT2D eigenvalue weighted by molar-refractivity contribution is -0.123. The zero-order valence-corrected chi connectivity index (χ0v) is 16.9. The fraction of sp³-hybridized carbons (Fsp3) is 0.167. The number of benzene rings is 3. The van der Waals surface area contributed by atoms with Crippen molar-refractivity contribution in [3.8, 4) is 0 Å². The molecule has 148 valence electrons. The van der Waals surface area contributed by atoms with Crippen molar-refractivity contribution in [3.63, 3.8) is 0 Å². The van der Waals surface area contributed by atoms with Gasteiger partial charge in [0, 0.05) is 17.0 Å². The number of hydrogen-bond donors (Lipinski definition) is 2. The number of carbonyl (C=O) groups is 2. The molecule has 3 aromatic carbocycles. The van der Waals surface area contributed by atoms with Crippen molar-refractivity contribution >= 4 is 23.4 Å². The Morgan fingerprint density at radius 3 is 2.07 bits per heavy atom. The summed E-state index contributed by atoms with van der Waals surface area (Å²) in [5.41, 5.74) is 2.30. The van der Waals surface area contributed by atoms with E-state index in [0.29, 0.717) is 17.0 Å². The summed E-state index contributed by atoms with van der Waals surface area (Å²) < 4.78 is 0. The molecule has 2 N–H and O–H groups in total. The maximum absolute atomic E-state index is 13.0. The summed E-state index contributed by atoms with van der Waals surface area (Å²) in [4.78, 5) is 25.7. The summed E-state index contributed by atoms with van der Waals surface area (Å²) in [6.45, 7) is 1.87. The van der Waals surface area contributed by atoms with Gasteiger partial charge in [0.2, 0.25) is 5.91 Å². The summed E-state index contributed by atoms with van der Waals surface area (Å²) in [7, 11) is 0. The molecule has 0 radical (unpaired) electrons. The molecule has 2 amide bonds. The Labute approximate surface area is 175 Å². The largest absolute Gasteiger partial charge is 0.348 e. The number of hydrogen-bond acceptors (Lipinski definition) is 2. The molecular formula is C24H23ClN2O2. The molecule has 0 spiro atoms. The molecule has 0 saturated heterocycles. The van der Waals surface area contributed by atoms with Crippen LogP contribution in [0.1, 0.15) is 34.5 Å². The minimum absolute atomic E-state index is 0.259. The van der Waals surface area contributed by atoms with E-state index in [-0.39, 0.29) is 17.9 Å². The summed E-state index contributed by atoms with van der Waals surface area (Å²) in [5.74, 6) is -0.544. The third-order valence-electron chi connectivity index (χ3n) is 4.67. The zero-order valence-electron chi connectivity index (χ0n) is 16.1. The van der Waals surface area contributed by atoms with Gasteiger partial charge >= 0.3 is 0 Å². The normalized spacial score (nSPS) is 12.6. The van der Waals surface area contributed by atoms with Gasteiger partial charge in [0.1, 0.15) is 6.04 Å². The molecule has 0 aliphatic rings. The maximum atomic E-state index is 13.0. The summed E-state index contributed by atoms with van der Waals surface area (Å²) in [5, 5.41) is 6.44. The fourth-order valence-electron chi connectivity index (χ4n) is 3.11. The highest BCUT2D eigenvalue weighted by molar-refractivity contribution is 6.31. The summed E-state index contributed by atoms with van der Waals surface area (Å²) in [6.07, 6.45) is 0.389. The molecule has 29 heavy (non-hydrogen) atoms. The van der Waals surface area contributed by atoms with E-state index in [0.717, 1.165) is 11.1 Å². The molecular weight excluding hydrogens is 384 g/mol. The third kappa shape index (κ3) is 5.69. The Kier molecular flexibility index (Phi) is 7.04. The Morgan fingerprint density at radius 1 is 0.828 bits per heavy atom. The molecule has 2 atom stereocenters. The van der Waals surface area contributed by atoms with Crippen LogP contribution < -0.4 is 10.6 Å². The highest BCUT2D eigenvalue weighted by atomic mass is 35.5. The Hall–Kier alpha value is -3.11. The van der Waals surface area contributed by atoms with Gasteiger partial charge in [-0.25, -0.2) is 0 Å². The van der Waals surface area contributed by atoms with Crippen molar-refractivity contribution in [2.75, 3.05) is 0 Å². The molecule has 0 aromatic heterocycles. The van der Waals surface area contributed by atoms with Gasteiger partial charge in [0.15, 0.2) is 0 Å². The van der Waals surface area contributed by atoms with E-state index in [9.17, 15) is 9.59 Å². The summed E-state index contributed by atoms with van der Waals surface area (Å²) >= 11 is 6.26. The second kappa shape index (κ2) is 9.89. The van der Waals surface area contributed by atoms with Crippen molar-refractivity contribution in [2.24, 2.45) is 0 Å². The smallest absolute Gasteiger partial charge is 0.251 e. The highest BCUT2D eigenvalue weighted by Crippen LogP contribution is 2.22. The quantitative estimate of drug-likeness (QED) is 0.604. The van der Waals surface area contributed by atoms with Crippen LogP contribution in [0.2, 0.25) is 5.02 Å². The van der Waals surface area contributed by atoms with Gasteiger partial charge in [-0.05, 0) is 36.2 Å². The molecule has 0 aliphatic heterocycles. The SMILES string of the molecule is CC(NC(=O)C(Cc1ccccc1)NC(=O)c1ccccc1)c1ccccc1Cl. The number of halogens is 1. The van der Waals surface area contributed by atoms with Crippen LogP contribution in [0.4, 0.5) is 0 Å². The summed E-state index contributed by atoms with van der Waals surface area (Å²) in [6, 6.07) is 24.9. The predicted octanol–water partition coefficient (Wildman–Crippen LogP) is 4.56.